The van der Waals surface area contributed by atoms with Crippen molar-refractivity contribution in [3.8, 4) is 34.1 Å². The number of amides is 1. The van der Waals surface area contributed by atoms with Crippen molar-refractivity contribution in [2.24, 2.45) is 0 Å². The first-order valence-corrected chi connectivity index (χ1v) is 8.66. The molecule has 1 aliphatic carbocycles. The summed E-state index contributed by atoms with van der Waals surface area (Å²) >= 11 is 0. The molecule has 0 saturated heterocycles. The summed E-state index contributed by atoms with van der Waals surface area (Å²) in [7, 11) is 3.26. The van der Waals surface area contributed by atoms with Gasteiger partial charge in [0, 0.05) is 12.1 Å². The third-order valence-corrected chi connectivity index (χ3v) is 5.59. The van der Waals surface area contributed by atoms with Crippen molar-refractivity contribution in [3.63, 3.8) is 0 Å². The van der Waals surface area contributed by atoms with Gasteiger partial charge in [-0.15, -0.1) is 0 Å². The first-order valence-electron chi connectivity index (χ1n) is 8.66. The van der Waals surface area contributed by atoms with E-state index < -0.39 is 0 Å². The lowest BCUT2D eigenvalue weighted by molar-refractivity contribution is -0.120. The monoisotopic (exact) mass is 353 g/mol. The van der Waals surface area contributed by atoms with E-state index in [9.17, 15) is 4.79 Å². The molecule has 6 heteroatoms. The second-order valence-electron chi connectivity index (χ2n) is 6.74. The van der Waals surface area contributed by atoms with Crippen molar-refractivity contribution in [1.82, 2.24) is 4.90 Å². The van der Waals surface area contributed by atoms with Crippen LogP contribution in [0.5, 0.6) is 23.0 Å². The Kier molecular flexibility index (Phi) is 3.29. The van der Waals surface area contributed by atoms with Crippen LogP contribution < -0.4 is 18.9 Å². The summed E-state index contributed by atoms with van der Waals surface area (Å²) < 4.78 is 22.5. The fraction of sp³-hybridized carbons (Fsp3) is 0.350. The van der Waals surface area contributed by atoms with Gasteiger partial charge >= 0.3 is 0 Å². The number of rotatable bonds is 3. The minimum absolute atomic E-state index is 0.00588. The minimum Gasteiger partial charge on any atom is -0.493 e. The molecule has 0 N–H and O–H groups in total. The van der Waals surface area contributed by atoms with Crippen molar-refractivity contribution in [2.45, 2.75) is 18.9 Å². The maximum atomic E-state index is 11.7. The first kappa shape index (κ1) is 15.4. The molecule has 6 nitrogen and oxygen atoms in total. The summed E-state index contributed by atoms with van der Waals surface area (Å²) in [6, 6.07) is 6.08. The average molecular weight is 353 g/mol. The Morgan fingerprint density at radius 1 is 1.12 bits per heavy atom. The van der Waals surface area contributed by atoms with Crippen molar-refractivity contribution < 1.29 is 23.7 Å². The predicted molar refractivity (Wildman–Crippen MR) is 94.0 cm³/mol. The van der Waals surface area contributed by atoms with Gasteiger partial charge in [-0.3, -0.25) is 4.79 Å². The lowest BCUT2D eigenvalue weighted by Crippen LogP contribution is -2.37. The third kappa shape index (κ3) is 1.95. The van der Waals surface area contributed by atoms with Gasteiger partial charge in [-0.2, -0.15) is 0 Å². The Labute approximate surface area is 151 Å². The Bertz CT molecular complexity index is 923. The van der Waals surface area contributed by atoms with Crippen LogP contribution in [0.15, 0.2) is 18.2 Å². The number of hydrogen-bond donors (Lipinski definition) is 0. The van der Waals surface area contributed by atoms with Gasteiger partial charge in [0.05, 0.1) is 20.3 Å². The molecule has 0 saturated carbocycles. The Morgan fingerprint density at radius 2 is 1.92 bits per heavy atom. The molecule has 2 heterocycles. The van der Waals surface area contributed by atoms with Crippen LogP contribution >= 0.6 is 0 Å². The Hall–Kier alpha value is -2.89. The number of carbonyl (C=O) groups excluding carboxylic acids is 1. The molecular weight excluding hydrogens is 334 g/mol. The average Bonchev–Trinajstić information content (AvgIpc) is 3.15. The molecule has 0 fully saturated rings. The van der Waals surface area contributed by atoms with Crippen LogP contribution in [0, 0.1) is 0 Å². The zero-order chi connectivity index (χ0) is 17.8. The Balaban J connectivity index is 1.83. The largest absolute Gasteiger partial charge is 0.493 e. The summed E-state index contributed by atoms with van der Waals surface area (Å²) in [6.07, 6.45) is 2.51. The zero-order valence-corrected chi connectivity index (χ0v) is 14.7. The van der Waals surface area contributed by atoms with Crippen LogP contribution in [0.25, 0.3) is 11.1 Å². The maximum absolute atomic E-state index is 11.7. The highest BCUT2D eigenvalue weighted by molar-refractivity contribution is 5.85. The molecule has 0 bridgehead atoms. The number of hydrogen-bond acceptors (Lipinski definition) is 5. The van der Waals surface area contributed by atoms with Gasteiger partial charge in [-0.25, -0.2) is 0 Å². The number of fused-ring (bicyclic) bond motifs is 4. The second kappa shape index (κ2) is 5.56. The van der Waals surface area contributed by atoms with Crippen LogP contribution in [-0.2, 0) is 17.6 Å². The highest BCUT2D eigenvalue weighted by Gasteiger charge is 2.39. The lowest BCUT2D eigenvalue weighted by atomic mass is 9.76. The van der Waals surface area contributed by atoms with E-state index >= 15 is 0 Å². The molecule has 0 spiro atoms. The van der Waals surface area contributed by atoms with E-state index in [2.05, 4.69) is 6.07 Å². The van der Waals surface area contributed by atoms with E-state index in [-0.39, 0.29) is 12.8 Å². The predicted octanol–water partition coefficient (Wildman–Crippen LogP) is 2.71. The minimum atomic E-state index is 0.00588. The molecule has 2 aromatic carbocycles. The van der Waals surface area contributed by atoms with Gasteiger partial charge in [0.2, 0.25) is 13.2 Å². The molecule has 2 aromatic rings. The molecule has 1 atom stereocenters. The normalized spacial score (nSPS) is 18.8. The number of benzene rings is 2. The Morgan fingerprint density at radius 3 is 2.69 bits per heavy atom. The van der Waals surface area contributed by atoms with Gasteiger partial charge in [0.1, 0.15) is 0 Å². The quantitative estimate of drug-likeness (QED) is 0.794. The summed E-state index contributed by atoms with van der Waals surface area (Å²) in [5, 5.41) is 0. The molecule has 3 aliphatic rings. The van der Waals surface area contributed by atoms with Crippen LogP contribution in [0.1, 0.15) is 22.7 Å². The molecule has 0 aromatic heterocycles. The van der Waals surface area contributed by atoms with E-state index in [0.717, 1.165) is 47.4 Å². The van der Waals surface area contributed by atoms with Crippen LogP contribution in [0.2, 0.25) is 0 Å². The zero-order valence-electron chi connectivity index (χ0n) is 14.7. The summed E-state index contributed by atoms with van der Waals surface area (Å²) in [6.45, 7) is 0.929. The molecular formula is C20H19NO5. The van der Waals surface area contributed by atoms with Gasteiger partial charge in [0.15, 0.2) is 23.0 Å². The van der Waals surface area contributed by atoms with Crippen molar-refractivity contribution in [1.29, 1.82) is 0 Å². The van der Waals surface area contributed by atoms with E-state index in [1.54, 1.807) is 14.2 Å². The SMILES string of the molecule is COc1cc2c(cc1OC)-c1c3c(cc4c1[C@H](C2)N(C=O)CC4)OCO3. The van der Waals surface area contributed by atoms with Gasteiger partial charge in [0.25, 0.3) is 0 Å². The first-order chi connectivity index (χ1) is 12.7. The molecule has 1 amide bonds. The van der Waals surface area contributed by atoms with Gasteiger partial charge in [-0.1, -0.05) is 0 Å². The highest BCUT2D eigenvalue weighted by atomic mass is 16.7. The van der Waals surface area contributed by atoms with Crippen LogP contribution in [-0.4, -0.2) is 38.9 Å². The highest BCUT2D eigenvalue weighted by Crippen LogP contribution is 2.55. The number of carbonyl (C=O) groups is 1. The molecule has 0 radical (unpaired) electrons. The van der Waals surface area contributed by atoms with Gasteiger partial charge in [-0.05, 0) is 53.3 Å². The van der Waals surface area contributed by atoms with Crippen molar-refractivity contribution in [3.05, 3.63) is 34.9 Å². The van der Waals surface area contributed by atoms with E-state index in [0.29, 0.717) is 18.0 Å². The number of ether oxygens (including phenoxy) is 4. The fourth-order valence-corrected chi connectivity index (χ4v) is 4.41. The molecule has 5 rings (SSSR count). The molecule has 134 valence electrons. The third-order valence-electron chi connectivity index (χ3n) is 5.59. The number of nitrogens with zero attached hydrogens (tertiary/aromatic N) is 1. The van der Waals surface area contributed by atoms with Crippen LogP contribution in [0.3, 0.4) is 0 Å². The molecule has 2 aliphatic heterocycles. The summed E-state index contributed by atoms with van der Waals surface area (Å²) in [4.78, 5) is 13.6. The second-order valence-corrected chi connectivity index (χ2v) is 6.74. The summed E-state index contributed by atoms with van der Waals surface area (Å²) in [5.74, 6) is 2.90. The maximum Gasteiger partial charge on any atom is 0.231 e. The lowest BCUT2D eigenvalue weighted by Gasteiger charge is -2.40. The van der Waals surface area contributed by atoms with Crippen molar-refractivity contribution in [2.75, 3.05) is 27.6 Å². The number of methoxy groups -OCH3 is 2. The standard InChI is InChI=1S/C20H19NO5/c1-23-15-7-12-5-14-18-11(3-4-21(14)9-22)6-17-20(26-10-25-17)19(18)13(12)8-16(15)24-2/h6-9,14H,3-5,10H2,1-2H3/t14-/m0/s1. The van der Waals surface area contributed by atoms with E-state index in [4.69, 9.17) is 18.9 Å². The van der Waals surface area contributed by atoms with E-state index in [1.165, 1.54) is 11.1 Å². The van der Waals surface area contributed by atoms with Crippen molar-refractivity contribution >= 4 is 6.41 Å². The summed E-state index contributed by atoms with van der Waals surface area (Å²) in [5.41, 5.74) is 5.60. The molecule has 26 heavy (non-hydrogen) atoms. The molecule has 0 unspecified atom stereocenters. The van der Waals surface area contributed by atoms with Crippen LogP contribution in [0.4, 0.5) is 0 Å². The van der Waals surface area contributed by atoms with E-state index in [1.807, 2.05) is 17.0 Å². The smallest absolute Gasteiger partial charge is 0.231 e. The van der Waals surface area contributed by atoms with Gasteiger partial charge < -0.3 is 23.8 Å². The fourth-order valence-electron chi connectivity index (χ4n) is 4.41. The topological polar surface area (TPSA) is 57.2 Å².